The maximum Gasteiger partial charge on any atom is 0.335 e. The molecule has 1 atom stereocenters. The zero-order valence-electron chi connectivity index (χ0n) is 12.6. The fourth-order valence-electron chi connectivity index (χ4n) is 2.12. The number of aromatic carboxylic acids is 1. The third-order valence-corrected chi connectivity index (χ3v) is 3.56. The van der Waals surface area contributed by atoms with Gasteiger partial charge in [0.25, 0.3) is 0 Å². The predicted octanol–water partition coefficient (Wildman–Crippen LogP) is 3.27. The Morgan fingerprint density at radius 1 is 1.40 bits per heavy atom. The van der Waals surface area contributed by atoms with E-state index >= 15 is 0 Å². The zero-order chi connectivity index (χ0) is 15.0. The van der Waals surface area contributed by atoms with Gasteiger partial charge in [0.2, 0.25) is 0 Å². The number of carboxylic acids is 1. The first-order valence-corrected chi connectivity index (χ1v) is 7.28. The summed E-state index contributed by atoms with van der Waals surface area (Å²) in [6.07, 6.45) is 2.09. The number of nitrogens with zero attached hydrogens (tertiary/aromatic N) is 1. The van der Waals surface area contributed by atoms with Crippen LogP contribution in [0.15, 0.2) is 24.3 Å². The lowest BCUT2D eigenvalue weighted by Gasteiger charge is -2.26. The zero-order valence-corrected chi connectivity index (χ0v) is 12.6. The second kappa shape index (κ2) is 8.59. The van der Waals surface area contributed by atoms with Crippen molar-refractivity contribution in [2.45, 2.75) is 39.7 Å². The van der Waals surface area contributed by atoms with Gasteiger partial charge in [-0.3, -0.25) is 0 Å². The number of benzene rings is 1. The number of ether oxygens (including phenoxy) is 1. The minimum absolute atomic E-state index is 0.261. The van der Waals surface area contributed by atoms with E-state index in [4.69, 9.17) is 9.84 Å². The van der Waals surface area contributed by atoms with Crippen molar-refractivity contribution in [2.75, 3.05) is 19.7 Å². The molecule has 0 aliphatic carbocycles. The third kappa shape index (κ3) is 5.21. The first-order valence-electron chi connectivity index (χ1n) is 7.28. The Labute approximate surface area is 121 Å². The molecular formula is C16H25NO3. The SMILES string of the molecule is CCC(C)N(CC)CCCOc1cccc(C(=O)O)c1. The Morgan fingerprint density at radius 3 is 2.75 bits per heavy atom. The number of hydrogen-bond donors (Lipinski definition) is 1. The van der Waals surface area contributed by atoms with Crippen LogP contribution < -0.4 is 4.74 Å². The summed E-state index contributed by atoms with van der Waals surface area (Å²) in [7, 11) is 0. The summed E-state index contributed by atoms with van der Waals surface area (Å²) < 4.78 is 5.62. The van der Waals surface area contributed by atoms with E-state index in [2.05, 4.69) is 25.7 Å². The molecule has 0 heterocycles. The molecule has 0 fully saturated rings. The summed E-state index contributed by atoms with van der Waals surface area (Å²) in [4.78, 5) is 13.3. The van der Waals surface area contributed by atoms with E-state index in [9.17, 15) is 4.79 Å². The molecule has 4 heteroatoms. The predicted molar refractivity (Wildman–Crippen MR) is 80.5 cm³/mol. The molecule has 0 saturated carbocycles. The summed E-state index contributed by atoms with van der Waals surface area (Å²) >= 11 is 0. The molecule has 0 aliphatic heterocycles. The molecule has 0 spiro atoms. The Balaban J connectivity index is 2.37. The van der Waals surface area contributed by atoms with Crippen LogP contribution in [0.5, 0.6) is 5.75 Å². The van der Waals surface area contributed by atoms with Crippen molar-refractivity contribution in [2.24, 2.45) is 0 Å². The van der Waals surface area contributed by atoms with E-state index in [1.54, 1.807) is 24.3 Å². The molecule has 0 aliphatic rings. The fourth-order valence-corrected chi connectivity index (χ4v) is 2.12. The molecular weight excluding hydrogens is 254 g/mol. The van der Waals surface area contributed by atoms with E-state index < -0.39 is 5.97 Å². The molecule has 0 bridgehead atoms. The van der Waals surface area contributed by atoms with Crippen molar-refractivity contribution in [3.05, 3.63) is 29.8 Å². The molecule has 0 saturated heterocycles. The van der Waals surface area contributed by atoms with Crippen molar-refractivity contribution >= 4 is 5.97 Å². The smallest absolute Gasteiger partial charge is 0.335 e. The van der Waals surface area contributed by atoms with Crippen LogP contribution in [-0.2, 0) is 0 Å². The van der Waals surface area contributed by atoms with Crippen LogP contribution in [0.4, 0.5) is 0 Å². The van der Waals surface area contributed by atoms with Crippen molar-refractivity contribution in [1.82, 2.24) is 4.90 Å². The minimum atomic E-state index is -0.927. The van der Waals surface area contributed by atoms with Gasteiger partial charge in [-0.1, -0.05) is 19.9 Å². The maximum atomic E-state index is 10.9. The molecule has 1 unspecified atom stereocenters. The Bertz CT molecular complexity index is 420. The van der Waals surface area contributed by atoms with Gasteiger partial charge in [0.1, 0.15) is 5.75 Å². The van der Waals surface area contributed by atoms with Gasteiger partial charge < -0.3 is 14.7 Å². The number of carboxylic acid groups (broad SMARTS) is 1. The maximum absolute atomic E-state index is 10.9. The van der Waals surface area contributed by atoms with Gasteiger partial charge in [0, 0.05) is 12.6 Å². The summed E-state index contributed by atoms with van der Waals surface area (Å²) in [6, 6.07) is 7.22. The molecule has 0 amide bonds. The van der Waals surface area contributed by atoms with Crippen molar-refractivity contribution < 1.29 is 14.6 Å². The van der Waals surface area contributed by atoms with Crippen LogP contribution in [0.25, 0.3) is 0 Å². The van der Waals surface area contributed by atoms with E-state index in [0.717, 1.165) is 25.9 Å². The molecule has 0 radical (unpaired) electrons. The second-order valence-electron chi connectivity index (χ2n) is 4.92. The Kier molecular flexibility index (Phi) is 7.09. The fraction of sp³-hybridized carbons (Fsp3) is 0.562. The highest BCUT2D eigenvalue weighted by molar-refractivity contribution is 5.87. The minimum Gasteiger partial charge on any atom is -0.494 e. The van der Waals surface area contributed by atoms with Gasteiger partial charge in [-0.15, -0.1) is 0 Å². The molecule has 1 aromatic carbocycles. The average molecular weight is 279 g/mol. The highest BCUT2D eigenvalue weighted by atomic mass is 16.5. The van der Waals surface area contributed by atoms with E-state index in [1.165, 1.54) is 0 Å². The number of carbonyl (C=O) groups is 1. The van der Waals surface area contributed by atoms with Crippen LogP contribution in [0, 0.1) is 0 Å². The monoisotopic (exact) mass is 279 g/mol. The van der Waals surface area contributed by atoms with Gasteiger partial charge in [-0.05, 0) is 44.5 Å². The lowest BCUT2D eigenvalue weighted by atomic mass is 10.2. The van der Waals surface area contributed by atoms with Crippen LogP contribution in [0.3, 0.4) is 0 Å². The van der Waals surface area contributed by atoms with Gasteiger partial charge in [0.15, 0.2) is 0 Å². The Morgan fingerprint density at radius 2 is 2.15 bits per heavy atom. The molecule has 1 aromatic rings. The molecule has 0 aromatic heterocycles. The molecule has 4 nitrogen and oxygen atoms in total. The standard InChI is InChI=1S/C16H25NO3/c1-4-13(3)17(5-2)10-7-11-20-15-9-6-8-14(12-15)16(18)19/h6,8-9,12-13H,4-5,7,10-11H2,1-3H3,(H,18,19). The normalized spacial score (nSPS) is 12.4. The summed E-state index contributed by atoms with van der Waals surface area (Å²) in [5.74, 6) is -0.305. The van der Waals surface area contributed by atoms with Crippen LogP contribution in [0.1, 0.15) is 44.0 Å². The van der Waals surface area contributed by atoms with Crippen molar-refractivity contribution in [3.8, 4) is 5.75 Å². The molecule has 112 valence electrons. The number of rotatable bonds is 9. The quantitative estimate of drug-likeness (QED) is 0.705. The van der Waals surface area contributed by atoms with Gasteiger partial charge in [0.05, 0.1) is 12.2 Å². The topological polar surface area (TPSA) is 49.8 Å². The van der Waals surface area contributed by atoms with Gasteiger partial charge in [-0.25, -0.2) is 4.79 Å². The average Bonchev–Trinajstić information content (AvgIpc) is 2.47. The van der Waals surface area contributed by atoms with Gasteiger partial charge >= 0.3 is 5.97 Å². The molecule has 1 N–H and O–H groups in total. The molecule has 20 heavy (non-hydrogen) atoms. The van der Waals surface area contributed by atoms with Crippen molar-refractivity contribution in [1.29, 1.82) is 0 Å². The van der Waals surface area contributed by atoms with E-state index in [1.807, 2.05) is 0 Å². The molecule has 1 rings (SSSR count). The van der Waals surface area contributed by atoms with Crippen LogP contribution in [0.2, 0.25) is 0 Å². The Hall–Kier alpha value is -1.55. The highest BCUT2D eigenvalue weighted by Crippen LogP contribution is 2.13. The van der Waals surface area contributed by atoms with E-state index in [-0.39, 0.29) is 5.56 Å². The lowest BCUT2D eigenvalue weighted by Crippen LogP contribution is -2.33. The van der Waals surface area contributed by atoms with E-state index in [0.29, 0.717) is 18.4 Å². The van der Waals surface area contributed by atoms with Crippen LogP contribution in [-0.4, -0.2) is 41.7 Å². The summed E-state index contributed by atoms with van der Waals surface area (Å²) in [5.41, 5.74) is 0.261. The lowest BCUT2D eigenvalue weighted by molar-refractivity contribution is 0.0696. The third-order valence-electron chi connectivity index (χ3n) is 3.56. The summed E-state index contributed by atoms with van der Waals surface area (Å²) in [5, 5.41) is 8.91. The first-order chi connectivity index (χ1) is 9.58. The first kappa shape index (κ1) is 16.5. The highest BCUT2D eigenvalue weighted by Gasteiger charge is 2.09. The van der Waals surface area contributed by atoms with Gasteiger partial charge in [-0.2, -0.15) is 0 Å². The number of hydrogen-bond acceptors (Lipinski definition) is 3. The summed E-state index contributed by atoms with van der Waals surface area (Å²) in [6.45, 7) is 9.26. The second-order valence-corrected chi connectivity index (χ2v) is 4.92. The van der Waals surface area contributed by atoms with Crippen LogP contribution >= 0.6 is 0 Å². The van der Waals surface area contributed by atoms with Crippen molar-refractivity contribution in [3.63, 3.8) is 0 Å². The largest absolute Gasteiger partial charge is 0.494 e.